The van der Waals surface area contributed by atoms with Crippen LogP contribution in [-0.2, 0) is 14.4 Å². The molecule has 10 heavy (non-hydrogen) atoms. The molecule has 0 aromatic carbocycles. The van der Waals surface area contributed by atoms with Crippen molar-refractivity contribution in [1.82, 2.24) is 5.32 Å². The van der Waals surface area contributed by atoms with Gasteiger partial charge in [0.05, 0.1) is 0 Å². The highest BCUT2D eigenvalue weighted by Crippen LogP contribution is 1.83. The predicted octanol–water partition coefficient (Wildman–Crippen LogP) is -0.596. The quantitative estimate of drug-likeness (QED) is 0.317. The molecule has 0 fully saturated rings. The normalized spacial score (nSPS) is 8.10. The van der Waals surface area contributed by atoms with Gasteiger partial charge in [0, 0.05) is 5.57 Å². The van der Waals surface area contributed by atoms with Crippen molar-refractivity contribution >= 4 is 18.1 Å². The molecule has 0 rings (SSSR count). The number of nitrogens with one attached hydrogen (secondary N) is 1. The molecule has 0 spiro atoms. The summed E-state index contributed by atoms with van der Waals surface area (Å²) in [7, 11) is 0. The van der Waals surface area contributed by atoms with Crippen LogP contribution in [0, 0.1) is 0 Å². The van der Waals surface area contributed by atoms with Crippen LogP contribution in [0.1, 0.15) is 6.92 Å². The van der Waals surface area contributed by atoms with E-state index in [1.807, 2.05) is 0 Å². The molecular formula is C6H7NO3. The molecule has 0 bridgehead atoms. The Morgan fingerprint density at radius 1 is 1.50 bits per heavy atom. The van der Waals surface area contributed by atoms with E-state index in [0.717, 1.165) is 0 Å². The lowest BCUT2D eigenvalue weighted by molar-refractivity contribution is -0.135. The summed E-state index contributed by atoms with van der Waals surface area (Å²) in [4.78, 5) is 30.4. The summed E-state index contributed by atoms with van der Waals surface area (Å²) in [6, 6.07) is 0. The Balaban J connectivity index is 3.92. The Labute approximate surface area is 57.9 Å². The fraction of sp³-hybridized carbons (Fsp3) is 0.167. The lowest BCUT2D eigenvalue weighted by Gasteiger charge is -1.95. The van der Waals surface area contributed by atoms with E-state index in [1.165, 1.54) is 6.92 Å². The molecule has 1 N–H and O–H groups in total. The van der Waals surface area contributed by atoms with E-state index < -0.39 is 11.8 Å². The Morgan fingerprint density at radius 3 is 2.30 bits per heavy atom. The van der Waals surface area contributed by atoms with Gasteiger partial charge in [-0.15, -0.1) is 0 Å². The predicted molar refractivity (Wildman–Crippen MR) is 34.0 cm³/mol. The fourth-order valence-corrected chi connectivity index (χ4v) is 0.248. The summed E-state index contributed by atoms with van der Waals surface area (Å²) in [5.41, 5.74) is 0.190. The zero-order valence-electron chi connectivity index (χ0n) is 5.51. The first-order valence-electron chi connectivity index (χ1n) is 2.54. The Morgan fingerprint density at radius 2 is 2.00 bits per heavy atom. The summed E-state index contributed by atoms with van der Waals surface area (Å²) in [6.45, 7) is 4.70. The second kappa shape index (κ2) is 3.55. The maximum atomic E-state index is 10.5. The van der Waals surface area contributed by atoms with Crippen molar-refractivity contribution in [3.63, 3.8) is 0 Å². The molecule has 54 valence electrons. The van der Waals surface area contributed by atoms with Crippen LogP contribution in [0.3, 0.4) is 0 Å². The van der Waals surface area contributed by atoms with E-state index in [2.05, 4.69) is 6.58 Å². The first kappa shape index (κ1) is 8.55. The zero-order valence-corrected chi connectivity index (χ0v) is 5.51. The highest BCUT2D eigenvalue weighted by Gasteiger charge is 2.04. The van der Waals surface area contributed by atoms with Gasteiger partial charge in [0.25, 0.3) is 11.8 Å². The van der Waals surface area contributed by atoms with Gasteiger partial charge in [-0.3, -0.25) is 19.7 Å². The van der Waals surface area contributed by atoms with E-state index in [-0.39, 0.29) is 11.9 Å². The van der Waals surface area contributed by atoms with Crippen LogP contribution >= 0.6 is 0 Å². The summed E-state index contributed by atoms with van der Waals surface area (Å²) >= 11 is 0. The molecule has 0 atom stereocenters. The molecular weight excluding hydrogens is 134 g/mol. The second-order valence-corrected chi connectivity index (χ2v) is 1.72. The number of imide groups is 1. The third kappa shape index (κ3) is 2.76. The SMILES string of the molecule is C=C(C)C(=O)NC(=O)C=O. The van der Waals surface area contributed by atoms with Crippen LogP contribution in [0.4, 0.5) is 0 Å². The molecule has 0 aromatic rings. The first-order chi connectivity index (χ1) is 4.57. The summed E-state index contributed by atoms with van der Waals surface area (Å²) in [5.74, 6) is -1.58. The lowest BCUT2D eigenvalue weighted by atomic mass is 10.3. The van der Waals surface area contributed by atoms with Crippen LogP contribution in [0.2, 0.25) is 0 Å². The number of rotatable bonds is 2. The minimum atomic E-state index is -0.951. The van der Waals surface area contributed by atoms with E-state index in [4.69, 9.17) is 0 Å². The number of carbonyl (C=O) groups excluding carboxylic acids is 3. The highest BCUT2D eigenvalue weighted by atomic mass is 16.2. The Bertz CT molecular complexity index is 195. The number of hydrogen-bond acceptors (Lipinski definition) is 3. The van der Waals surface area contributed by atoms with Gasteiger partial charge in [-0.05, 0) is 6.92 Å². The summed E-state index contributed by atoms with van der Waals surface area (Å²) < 4.78 is 0. The van der Waals surface area contributed by atoms with Crippen molar-refractivity contribution in [3.05, 3.63) is 12.2 Å². The largest absolute Gasteiger partial charge is 0.292 e. The molecule has 0 unspecified atom stereocenters. The van der Waals surface area contributed by atoms with E-state index in [0.29, 0.717) is 0 Å². The van der Waals surface area contributed by atoms with Gasteiger partial charge in [-0.25, -0.2) is 0 Å². The van der Waals surface area contributed by atoms with Crippen molar-refractivity contribution in [2.24, 2.45) is 0 Å². The average molecular weight is 141 g/mol. The van der Waals surface area contributed by atoms with Gasteiger partial charge in [-0.2, -0.15) is 0 Å². The van der Waals surface area contributed by atoms with Crippen LogP contribution in [0.5, 0.6) is 0 Å². The van der Waals surface area contributed by atoms with Gasteiger partial charge in [-0.1, -0.05) is 6.58 Å². The molecule has 0 saturated carbocycles. The maximum Gasteiger partial charge on any atom is 0.290 e. The van der Waals surface area contributed by atoms with Crippen molar-refractivity contribution in [2.75, 3.05) is 0 Å². The highest BCUT2D eigenvalue weighted by molar-refractivity contribution is 6.28. The first-order valence-corrected chi connectivity index (χ1v) is 2.54. The van der Waals surface area contributed by atoms with Gasteiger partial charge < -0.3 is 0 Å². The molecule has 0 saturated heterocycles. The smallest absolute Gasteiger partial charge is 0.290 e. The van der Waals surface area contributed by atoms with Crippen LogP contribution in [-0.4, -0.2) is 18.1 Å². The van der Waals surface area contributed by atoms with E-state index in [1.54, 1.807) is 5.32 Å². The molecule has 4 heteroatoms. The van der Waals surface area contributed by atoms with Crippen molar-refractivity contribution in [3.8, 4) is 0 Å². The third-order valence-corrected chi connectivity index (χ3v) is 0.731. The molecule has 0 heterocycles. The van der Waals surface area contributed by atoms with E-state index in [9.17, 15) is 14.4 Å². The molecule has 4 nitrogen and oxygen atoms in total. The topological polar surface area (TPSA) is 63.2 Å². The molecule has 0 radical (unpaired) electrons. The summed E-state index contributed by atoms with van der Waals surface area (Å²) in [5, 5.41) is 1.78. The molecule has 0 aliphatic heterocycles. The van der Waals surface area contributed by atoms with Gasteiger partial charge in [0.2, 0.25) is 6.29 Å². The maximum absolute atomic E-state index is 10.5. The van der Waals surface area contributed by atoms with Crippen molar-refractivity contribution < 1.29 is 14.4 Å². The lowest BCUT2D eigenvalue weighted by Crippen LogP contribution is -2.31. The van der Waals surface area contributed by atoms with Crippen molar-refractivity contribution in [2.45, 2.75) is 6.92 Å². The van der Waals surface area contributed by atoms with Crippen LogP contribution in [0.25, 0.3) is 0 Å². The minimum Gasteiger partial charge on any atom is -0.292 e. The zero-order chi connectivity index (χ0) is 8.15. The number of carbonyl (C=O) groups is 3. The van der Waals surface area contributed by atoms with Crippen molar-refractivity contribution in [1.29, 1.82) is 0 Å². The Kier molecular flexibility index (Phi) is 3.04. The van der Waals surface area contributed by atoms with Gasteiger partial charge in [0.15, 0.2) is 0 Å². The number of hydrogen-bond donors (Lipinski definition) is 1. The van der Waals surface area contributed by atoms with Gasteiger partial charge in [0.1, 0.15) is 0 Å². The second-order valence-electron chi connectivity index (χ2n) is 1.72. The minimum absolute atomic E-state index is 0.0286. The number of amides is 2. The standard InChI is InChI=1S/C6H7NO3/c1-4(2)6(10)7-5(9)3-8/h3H,1H2,2H3,(H,7,9,10). The Hall–Kier alpha value is -1.45. The average Bonchev–Trinajstić information content (AvgIpc) is 1.87. The van der Waals surface area contributed by atoms with Crippen LogP contribution in [0.15, 0.2) is 12.2 Å². The monoisotopic (exact) mass is 141 g/mol. The van der Waals surface area contributed by atoms with Gasteiger partial charge >= 0.3 is 0 Å². The van der Waals surface area contributed by atoms with Crippen LogP contribution < -0.4 is 5.32 Å². The molecule has 0 aliphatic carbocycles. The number of aldehydes is 1. The fourth-order valence-electron chi connectivity index (χ4n) is 0.248. The molecule has 2 amide bonds. The molecule has 0 aliphatic rings. The van der Waals surface area contributed by atoms with E-state index >= 15 is 0 Å². The molecule has 0 aromatic heterocycles. The third-order valence-electron chi connectivity index (χ3n) is 0.731. The summed E-state index contributed by atoms with van der Waals surface area (Å²) in [6.07, 6.45) is 0.0286.